The first-order valence-corrected chi connectivity index (χ1v) is 11.0. The number of nitrogens with one attached hydrogen (secondary N) is 1. The van der Waals surface area contributed by atoms with Crippen molar-refractivity contribution in [1.29, 1.82) is 0 Å². The van der Waals surface area contributed by atoms with Crippen LogP contribution in [0.1, 0.15) is 49.1 Å². The number of nitrogens with zero attached hydrogens (tertiary/aromatic N) is 3. The average Bonchev–Trinajstić information content (AvgIpc) is 3.40. The lowest BCUT2D eigenvalue weighted by Gasteiger charge is -2.22. The number of methoxy groups -OCH3 is 2. The topological polar surface area (TPSA) is 59.0 Å². The molecular formula is C22H32N4O2S. The van der Waals surface area contributed by atoms with Crippen LogP contribution in [0.2, 0.25) is 0 Å². The Balaban J connectivity index is 1.67. The van der Waals surface area contributed by atoms with Crippen molar-refractivity contribution in [2.24, 2.45) is 4.99 Å². The highest BCUT2D eigenvalue weighted by Gasteiger charge is 2.44. The van der Waals surface area contributed by atoms with Gasteiger partial charge >= 0.3 is 0 Å². The van der Waals surface area contributed by atoms with Crippen molar-refractivity contribution in [1.82, 2.24) is 15.2 Å². The summed E-state index contributed by atoms with van der Waals surface area (Å²) >= 11 is 1.64. The Hall–Kier alpha value is -2.12. The first kappa shape index (κ1) is 21.6. The van der Waals surface area contributed by atoms with E-state index in [-0.39, 0.29) is 11.5 Å². The minimum absolute atomic E-state index is 0.0279. The third-order valence-electron chi connectivity index (χ3n) is 5.45. The van der Waals surface area contributed by atoms with Gasteiger partial charge in [0.15, 0.2) is 5.96 Å². The zero-order chi connectivity index (χ0) is 20.9. The van der Waals surface area contributed by atoms with Crippen molar-refractivity contribution in [3.05, 3.63) is 45.9 Å². The number of hydrogen-bond donors (Lipinski definition) is 1. The number of rotatable bonds is 9. The second kappa shape index (κ2) is 9.59. The Labute approximate surface area is 178 Å². The summed E-state index contributed by atoms with van der Waals surface area (Å²) in [6, 6.07) is 8.42. The monoisotopic (exact) mass is 416 g/mol. The van der Waals surface area contributed by atoms with Gasteiger partial charge in [-0.3, -0.25) is 4.99 Å². The van der Waals surface area contributed by atoms with Crippen LogP contribution in [0.5, 0.6) is 5.75 Å². The Morgan fingerprint density at radius 2 is 2.03 bits per heavy atom. The zero-order valence-corrected chi connectivity index (χ0v) is 18.9. The van der Waals surface area contributed by atoms with Crippen molar-refractivity contribution in [3.8, 4) is 5.75 Å². The summed E-state index contributed by atoms with van der Waals surface area (Å²) in [4.78, 5) is 11.8. The Bertz CT molecular complexity index is 814. The van der Waals surface area contributed by atoms with Crippen molar-refractivity contribution < 1.29 is 9.47 Å². The van der Waals surface area contributed by atoms with Gasteiger partial charge in [0.2, 0.25) is 0 Å². The number of aliphatic imine (C=N–C) groups is 1. The summed E-state index contributed by atoms with van der Waals surface area (Å²) in [7, 11) is 5.48. The molecule has 1 atom stereocenters. The van der Waals surface area contributed by atoms with Gasteiger partial charge in [0.25, 0.3) is 0 Å². The molecule has 1 aromatic heterocycles. The highest BCUT2D eigenvalue weighted by Crippen LogP contribution is 2.48. The molecule has 1 aliphatic carbocycles. The molecule has 29 heavy (non-hydrogen) atoms. The van der Waals surface area contributed by atoms with Crippen molar-refractivity contribution in [3.63, 3.8) is 0 Å². The van der Waals surface area contributed by atoms with Gasteiger partial charge in [-0.15, -0.1) is 11.3 Å². The fourth-order valence-electron chi connectivity index (χ4n) is 3.33. The maximum Gasteiger partial charge on any atom is 0.194 e. The molecule has 0 bridgehead atoms. The van der Waals surface area contributed by atoms with E-state index < -0.39 is 0 Å². The van der Waals surface area contributed by atoms with Crippen LogP contribution >= 0.6 is 11.3 Å². The van der Waals surface area contributed by atoms with Crippen LogP contribution < -0.4 is 10.1 Å². The Morgan fingerprint density at radius 1 is 1.31 bits per heavy atom. The van der Waals surface area contributed by atoms with E-state index in [2.05, 4.69) is 41.7 Å². The zero-order valence-electron chi connectivity index (χ0n) is 18.1. The summed E-state index contributed by atoms with van der Waals surface area (Å²) in [5, 5.41) is 6.53. The van der Waals surface area contributed by atoms with Crippen LogP contribution in [0, 0.1) is 0 Å². The molecule has 0 amide bonds. The summed E-state index contributed by atoms with van der Waals surface area (Å²) in [6.07, 6.45) is 2.38. The largest absolute Gasteiger partial charge is 0.497 e. The minimum Gasteiger partial charge on any atom is -0.497 e. The van der Waals surface area contributed by atoms with Gasteiger partial charge in [-0.05, 0) is 44.4 Å². The predicted molar refractivity (Wildman–Crippen MR) is 119 cm³/mol. The number of ether oxygens (including phenoxy) is 2. The van der Waals surface area contributed by atoms with E-state index in [0.717, 1.165) is 35.5 Å². The smallest absolute Gasteiger partial charge is 0.194 e. The molecule has 0 saturated heterocycles. The average molecular weight is 417 g/mol. The van der Waals surface area contributed by atoms with Gasteiger partial charge in [-0.25, -0.2) is 4.98 Å². The van der Waals surface area contributed by atoms with E-state index in [1.165, 1.54) is 18.4 Å². The van der Waals surface area contributed by atoms with Crippen LogP contribution in [-0.4, -0.2) is 50.2 Å². The van der Waals surface area contributed by atoms with E-state index in [1.54, 1.807) is 25.6 Å². The molecular weight excluding hydrogens is 384 g/mol. The van der Waals surface area contributed by atoms with Gasteiger partial charge < -0.3 is 19.7 Å². The first-order chi connectivity index (χ1) is 14.0. The Morgan fingerprint density at radius 3 is 2.62 bits per heavy atom. The van der Waals surface area contributed by atoms with Crippen molar-refractivity contribution >= 4 is 17.3 Å². The van der Waals surface area contributed by atoms with Crippen molar-refractivity contribution in [2.45, 2.75) is 44.8 Å². The van der Waals surface area contributed by atoms with Gasteiger partial charge in [-0.1, -0.05) is 12.1 Å². The van der Waals surface area contributed by atoms with E-state index in [4.69, 9.17) is 19.5 Å². The molecule has 1 aliphatic rings. The van der Waals surface area contributed by atoms with Gasteiger partial charge in [0, 0.05) is 31.5 Å². The molecule has 1 fully saturated rings. The SMILES string of the molecule is CCNC(=NCC1(c2ccc(OC)cc2)CC1)N(C)Cc1csc(C(C)OC)n1. The van der Waals surface area contributed by atoms with Crippen LogP contribution in [-0.2, 0) is 16.7 Å². The van der Waals surface area contributed by atoms with Gasteiger partial charge in [0.1, 0.15) is 16.9 Å². The van der Waals surface area contributed by atoms with E-state index >= 15 is 0 Å². The number of guanidine groups is 1. The number of hydrogen-bond acceptors (Lipinski definition) is 5. The summed E-state index contributed by atoms with van der Waals surface area (Å²) < 4.78 is 10.7. The standard InChI is InChI=1S/C22H32N4O2S/c1-6-23-21(26(3)13-18-14-29-20(25-18)16(2)27-4)24-15-22(11-12-22)17-7-9-19(28-5)10-8-17/h7-10,14,16H,6,11-13,15H2,1-5H3,(H,23,24). The van der Waals surface area contributed by atoms with Crippen LogP contribution in [0.15, 0.2) is 34.6 Å². The lowest BCUT2D eigenvalue weighted by atomic mass is 9.96. The molecule has 1 saturated carbocycles. The molecule has 0 spiro atoms. The maximum atomic E-state index is 5.37. The quantitative estimate of drug-likeness (QED) is 0.495. The first-order valence-electron chi connectivity index (χ1n) is 10.1. The molecule has 6 nitrogen and oxygen atoms in total. The molecule has 0 aliphatic heterocycles. The molecule has 2 aromatic rings. The number of aromatic nitrogens is 1. The number of thiazole rings is 1. The highest BCUT2D eigenvalue weighted by atomic mass is 32.1. The van der Waals surface area contributed by atoms with E-state index in [1.807, 2.05) is 19.1 Å². The van der Waals surface area contributed by atoms with E-state index in [0.29, 0.717) is 6.54 Å². The normalized spacial score (nSPS) is 16.4. The molecule has 1 N–H and O–H groups in total. The lowest BCUT2D eigenvalue weighted by Crippen LogP contribution is -2.39. The fraction of sp³-hybridized carbons (Fsp3) is 0.545. The summed E-state index contributed by atoms with van der Waals surface area (Å²) in [6.45, 7) is 6.46. The lowest BCUT2D eigenvalue weighted by molar-refractivity contribution is 0.119. The molecule has 0 radical (unpaired) electrons. The maximum absolute atomic E-state index is 5.37. The van der Waals surface area contributed by atoms with Gasteiger partial charge in [0.05, 0.1) is 25.9 Å². The summed E-state index contributed by atoms with van der Waals surface area (Å²) in [5.41, 5.74) is 2.55. The second-order valence-electron chi connectivity index (χ2n) is 7.59. The highest BCUT2D eigenvalue weighted by molar-refractivity contribution is 7.09. The van der Waals surface area contributed by atoms with Crippen LogP contribution in [0.3, 0.4) is 0 Å². The van der Waals surface area contributed by atoms with Crippen LogP contribution in [0.4, 0.5) is 0 Å². The summed E-state index contributed by atoms with van der Waals surface area (Å²) in [5.74, 6) is 1.81. The molecule has 1 aromatic carbocycles. The molecule has 7 heteroatoms. The predicted octanol–water partition coefficient (Wildman–Crippen LogP) is 3.99. The molecule has 1 heterocycles. The third kappa shape index (κ3) is 5.28. The van der Waals surface area contributed by atoms with Crippen molar-refractivity contribution in [2.75, 3.05) is 34.4 Å². The molecule has 1 unspecified atom stereocenters. The second-order valence-corrected chi connectivity index (χ2v) is 8.48. The molecule has 158 valence electrons. The Kier molecular flexibility index (Phi) is 7.14. The van der Waals surface area contributed by atoms with Crippen LogP contribution in [0.25, 0.3) is 0 Å². The fourth-order valence-corrected chi connectivity index (χ4v) is 4.17. The molecule has 3 rings (SSSR count). The minimum atomic E-state index is 0.0279. The van der Waals surface area contributed by atoms with Gasteiger partial charge in [-0.2, -0.15) is 0 Å². The number of benzene rings is 1. The van der Waals surface area contributed by atoms with E-state index in [9.17, 15) is 0 Å². The third-order valence-corrected chi connectivity index (χ3v) is 6.51.